The maximum absolute atomic E-state index is 13.3. The molecule has 0 amide bonds. The van der Waals surface area contributed by atoms with Crippen molar-refractivity contribution in [2.45, 2.75) is 26.6 Å². The lowest BCUT2D eigenvalue weighted by molar-refractivity contribution is 0.0137. The van der Waals surface area contributed by atoms with Crippen LogP contribution in [0.25, 0.3) is 0 Å². The zero-order valence-electron chi connectivity index (χ0n) is 9.70. The molecule has 0 heterocycles. The Hall–Kier alpha value is -1.13. The lowest BCUT2D eigenvalue weighted by Crippen LogP contribution is -2.09. The van der Waals surface area contributed by atoms with Gasteiger partial charge in [0.25, 0.3) is 0 Å². The van der Waals surface area contributed by atoms with E-state index in [9.17, 15) is 4.39 Å². The second kappa shape index (κ2) is 6.45. The maximum Gasteiger partial charge on any atom is 0.130 e. The van der Waals surface area contributed by atoms with Crippen LogP contribution in [0.5, 0.6) is 0 Å². The molecule has 0 aliphatic carbocycles. The molecule has 0 unspecified atom stereocenters. The zero-order valence-corrected chi connectivity index (χ0v) is 9.70. The molecule has 0 radical (unpaired) electrons. The minimum Gasteiger partial charge on any atom is -0.399 e. The van der Waals surface area contributed by atoms with E-state index < -0.39 is 0 Å². The van der Waals surface area contributed by atoms with Crippen LogP contribution in [0.4, 0.5) is 10.1 Å². The average Bonchev–Trinajstić information content (AvgIpc) is 2.20. The number of halogens is 1. The van der Waals surface area contributed by atoms with Gasteiger partial charge in [-0.25, -0.2) is 4.39 Å². The molecule has 4 heteroatoms. The fraction of sp³-hybridized carbons (Fsp3) is 0.500. The van der Waals surface area contributed by atoms with Crippen molar-refractivity contribution in [2.24, 2.45) is 0 Å². The number of nitrogens with two attached hydrogens (primary N) is 1. The van der Waals surface area contributed by atoms with E-state index in [1.807, 2.05) is 13.8 Å². The molecule has 16 heavy (non-hydrogen) atoms. The van der Waals surface area contributed by atoms with Crippen LogP contribution in [-0.2, 0) is 16.1 Å². The number of ether oxygens (including phenoxy) is 2. The summed E-state index contributed by atoms with van der Waals surface area (Å²) in [7, 11) is 0. The predicted octanol–water partition coefficient (Wildman–Crippen LogP) is 2.35. The Labute approximate surface area is 95.4 Å². The first kappa shape index (κ1) is 12.9. The first-order valence-electron chi connectivity index (χ1n) is 5.33. The van der Waals surface area contributed by atoms with Crippen molar-refractivity contribution < 1.29 is 13.9 Å². The summed E-state index contributed by atoms with van der Waals surface area (Å²) in [6.45, 7) is 5.14. The van der Waals surface area contributed by atoms with Gasteiger partial charge in [0.05, 0.1) is 25.9 Å². The smallest absolute Gasteiger partial charge is 0.130 e. The van der Waals surface area contributed by atoms with E-state index in [1.165, 1.54) is 6.07 Å². The molecule has 0 saturated carbocycles. The summed E-state index contributed by atoms with van der Waals surface area (Å²) in [5.74, 6) is -0.329. The third-order valence-corrected chi connectivity index (χ3v) is 2.01. The van der Waals surface area contributed by atoms with Gasteiger partial charge in [-0.05, 0) is 26.0 Å². The Kier molecular flexibility index (Phi) is 5.22. The molecule has 2 N–H and O–H groups in total. The van der Waals surface area contributed by atoms with Crippen molar-refractivity contribution in [1.82, 2.24) is 0 Å². The number of anilines is 1. The lowest BCUT2D eigenvalue weighted by Gasteiger charge is -2.08. The van der Waals surface area contributed by atoms with Gasteiger partial charge in [0, 0.05) is 11.3 Å². The van der Waals surface area contributed by atoms with Crippen LogP contribution in [0.15, 0.2) is 18.2 Å². The minimum absolute atomic E-state index is 0.192. The molecule has 0 bridgehead atoms. The van der Waals surface area contributed by atoms with Crippen LogP contribution in [0.3, 0.4) is 0 Å². The van der Waals surface area contributed by atoms with E-state index in [4.69, 9.17) is 15.2 Å². The number of hydrogen-bond donors (Lipinski definition) is 1. The SMILES string of the molecule is CC(C)OCCOCc1ccc(N)cc1F. The van der Waals surface area contributed by atoms with E-state index >= 15 is 0 Å². The molecule has 0 aromatic heterocycles. The van der Waals surface area contributed by atoms with Gasteiger partial charge in [-0.3, -0.25) is 0 Å². The first-order chi connectivity index (χ1) is 7.59. The van der Waals surface area contributed by atoms with Crippen LogP contribution >= 0.6 is 0 Å². The largest absolute Gasteiger partial charge is 0.399 e. The maximum atomic E-state index is 13.3. The van der Waals surface area contributed by atoms with Gasteiger partial charge in [-0.2, -0.15) is 0 Å². The molecule has 0 fully saturated rings. The third-order valence-electron chi connectivity index (χ3n) is 2.01. The van der Waals surface area contributed by atoms with Gasteiger partial charge in [0.1, 0.15) is 5.82 Å². The fourth-order valence-corrected chi connectivity index (χ4v) is 1.21. The molecule has 1 aromatic carbocycles. The molecule has 0 saturated heterocycles. The Morgan fingerprint density at radius 2 is 2.06 bits per heavy atom. The van der Waals surface area contributed by atoms with Crippen LogP contribution in [0.2, 0.25) is 0 Å². The zero-order chi connectivity index (χ0) is 12.0. The van der Waals surface area contributed by atoms with Crippen molar-refractivity contribution in [1.29, 1.82) is 0 Å². The monoisotopic (exact) mass is 227 g/mol. The lowest BCUT2D eigenvalue weighted by atomic mass is 10.2. The van der Waals surface area contributed by atoms with Crippen molar-refractivity contribution in [3.8, 4) is 0 Å². The Balaban J connectivity index is 2.27. The molecule has 0 aliphatic heterocycles. The van der Waals surface area contributed by atoms with Crippen molar-refractivity contribution in [3.05, 3.63) is 29.6 Å². The van der Waals surface area contributed by atoms with Gasteiger partial charge in [-0.1, -0.05) is 6.07 Å². The van der Waals surface area contributed by atoms with E-state index in [0.717, 1.165) is 0 Å². The number of benzene rings is 1. The van der Waals surface area contributed by atoms with Crippen LogP contribution < -0.4 is 5.73 Å². The van der Waals surface area contributed by atoms with Gasteiger partial charge >= 0.3 is 0 Å². The fourth-order valence-electron chi connectivity index (χ4n) is 1.21. The highest BCUT2D eigenvalue weighted by Gasteiger charge is 2.02. The standard InChI is InChI=1S/C12H18FNO2/c1-9(2)16-6-5-15-8-10-3-4-11(14)7-12(10)13/h3-4,7,9H,5-6,8,14H2,1-2H3. The van der Waals surface area contributed by atoms with E-state index in [0.29, 0.717) is 24.5 Å². The van der Waals surface area contributed by atoms with E-state index in [-0.39, 0.29) is 18.5 Å². The number of hydrogen-bond acceptors (Lipinski definition) is 3. The van der Waals surface area contributed by atoms with E-state index in [1.54, 1.807) is 12.1 Å². The predicted molar refractivity (Wildman–Crippen MR) is 61.6 cm³/mol. The Bertz CT molecular complexity index is 329. The van der Waals surface area contributed by atoms with Crippen molar-refractivity contribution in [2.75, 3.05) is 18.9 Å². The summed E-state index contributed by atoms with van der Waals surface area (Å²) in [4.78, 5) is 0. The van der Waals surface area contributed by atoms with Gasteiger partial charge < -0.3 is 15.2 Å². The van der Waals surface area contributed by atoms with Gasteiger partial charge in [0.15, 0.2) is 0 Å². The Morgan fingerprint density at radius 3 is 2.69 bits per heavy atom. The van der Waals surface area contributed by atoms with Gasteiger partial charge in [-0.15, -0.1) is 0 Å². The van der Waals surface area contributed by atoms with Gasteiger partial charge in [0.2, 0.25) is 0 Å². The van der Waals surface area contributed by atoms with Crippen molar-refractivity contribution >= 4 is 5.69 Å². The quantitative estimate of drug-likeness (QED) is 0.599. The third kappa shape index (κ3) is 4.59. The summed E-state index contributed by atoms with van der Waals surface area (Å²) in [6.07, 6.45) is 0.192. The molecule has 0 spiro atoms. The summed E-state index contributed by atoms with van der Waals surface area (Å²) < 4.78 is 23.9. The molecule has 1 aromatic rings. The first-order valence-corrected chi connectivity index (χ1v) is 5.33. The molecule has 0 atom stereocenters. The van der Waals surface area contributed by atoms with Crippen LogP contribution in [0.1, 0.15) is 19.4 Å². The number of nitrogen functional groups attached to an aromatic ring is 1. The summed E-state index contributed by atoms with van der Waals surface area (Å²) in [5.41, 5.74) is 6.37. The molecular weight excluding hydrogens is 209 g/mol. The summed E-state index contributed by atoms with van der Waals surface area (Å²) >= 11 is 0. The summed E-state index contributed by atoms with van der Waals surface area (Å²) in [5, 5.41) is 0. The normalized spacial score (nSPS) is 11.0. The molecule has 90 valence electrons. The molecule has 0 aliphatic rings. The highest BCUT2D eigenvalue weighted by atomic mass is 19.1. The molecular formula is C12H18FNO2. The topological polar surface area (TPSA) is 44.5 Å². The van der Waals surface area contributed by atoms with Crippen molar-refractivity contribution in [3.63, 3.8) is 0 Å². The number of rotatable bonds is 6. The average molecular weight is 227 g/mol. The van der Waals surface area contributed by atoms with Crippen LogP contribution in [0, 0.1) is 5.82 Å². The highest BCUT2D eigenvalue weighted by molar-refractivity contribution is 5.40. The Morgan fingerprint density at radius 1 is 1.31 bits per heavy atom. The highest BCUT2D eigenvalue weighted by Crippen LogP contribution is 2.12. The molecule has 3 nitrogen and oxygen atoms in total. The minimum atomic E-state index is -0.329. The second-order valence-electron chi connectivity index (χ2n) is 3.82. The van der Waals surface area contributed by atoms with E-state index in [2.05, 4.69) is 0 Å². The molecule has 1 rings (SSSR count). The summed E-state index contributed by atoms with van der Waals surface area (Å²) in [6, 6.07) is 4.59. The second-order valence-corrected chi connectivity index (χ2v) is 3.82. The van der Waals surface area contributed by atoms with Crippen LogP contribution in [-0.4, -0.2) is 19.3 Å².